The molecule has 0 aromatic carbocycles. The lowest BCUT2D eigenvalue weighted by molar-refractivity contribution is 0.0949. The van der Waals surface area contributed by atoms with E-state index in [4.69, 9.17) is 4.74 Å². The lowest BCUT2D eigenvalue weighted by Crippen LogP contribution is -2.24. The second-order valence-corrected chi connectivity index (χ2v) is 3.71. The lowest BCUT2D eigenvalue weighted by Gasteiger charge is -2.06. The van der Waals surface area contributed by atoms with Gasteiger partial charge >= 0.3 is 0 Å². The molecule has 0 radical (unpaired) electrons. The molecule has 1 aromatic rings. The molecule has 1 heterocycles. The minimum absolute atomic E-state index is 0.221. The smallest absolute Gasteiger partial charge is 0.271 e. The van der Waals surface area contributed by atoms with Crippen LogP contribution < -0.4 is 15.4 Å². The summed E-state index contributed by atoms with van der Waals surface area (Å²) in [5.74, 6) is 0.211. The highest BCUT2D eigenvalue weighted by molar-refractivity contribution is 5.91. The maximum absolute atomic E-state index is 11.4. The van der Waals surface area contributed by atoms with Crippen molar-refractivity contribution in [1.29, 1.82) is 0 Å². The van der Waals surface area contributed by atoms with Crippen LogP contribution in [0.5, 0.6) is 5.88 Å². The number of amides is 1. The van der Waals surface area contributed by atoms with E-state index in [2.05, 4.69) is 27.8 Å². The molecule has 0 saturated carbocycles. The summed E-state index contributed by atoms with van der Waals surface area (Å²) in [6.07, 6.45) is 1.10. The van der Waals surface area contributed by atoms with E-state index in [0.717, 1.165) is 19.5 Å². The monoisotopic (exact) mass is 252 g/mol. The Kier molecular flexibility index (Phi) is 6.71. The maximum atomic E-state index is 11.4. The fraction of sp³-hybridized carbons (Fsp3) is 0.583. The molecule has 0 unspecified atom stereocenters. The van der Waals surface area contributed by atoms with Crippen LogP contribution in [0.3, 0.4) is 0 Å². The van der Waals surface area contributed by atoms with Gasteiger partial charge in [0.25, 0.3) is 5.91 Å². The molecule has 1 rings (SSSR count). The Morgan fingerprint density at radius 3 is 2.72 bits per heavy atom. The first-order valence-corrected chi connectivity index (χ1v) is 6.23. The number of aromatic nitrogens is 2. The van der Waals surface area contributed by atoms with E-state index in [-0.39, 0.29) is 5.91 Å². The molecule has 6 nitrogen and oxygen atoms in total. The first-order chi connectivity index (χ1) is 8.77. The minimum atomic E-state index is -0.221. The number of ether oxygens (including phenoxy) is 1. The molecule has 100 valence electrons. The van der Waals surface area contributed by atoms with Gasteiger partial charge in [0.05, 0.1) is 0 Å². The molecule has 18 heavy (non-hydrogen) atoms. The molecule has 0 aliphatic carbocycles. The molecule has 2 N–H and O–H groups in total. The maximum Gasteiger partial charge on any atom is 0.271 e. The van der Waals surface area contributed by atoms with Gasteiger partial charge in [-0.2, -0.15) is 0 Å². The summed E-state index contributed by atoms with van der Waals surface area (Å²) < 4.78 is 5.38. The Balaban J connectivity index is 2.33. The second-order valence-electron chi connectivity index (χ2n) is 3.71. The van der Waals surface area contributed by atoms with Gasteiger partial charge in [-0.3, -0.25) is 4.79 Å². The SMILES string of the molecule is CCCNCCOc1ccc(C(=O)NCC)nn1. The zero-order valence-electron chi connectivity index (χ0n) is 10.9. The highest BCUT2D eigenvalue weighted by Gasteiger charge is 2.06. The molecule has 0 spiro atoms. The topological polar surface area (TPSA) is 76.1 Å². The Morgan fingerprint density at radius 2 is 2.11 bits per heavy atom. The van der Waals surface area contributed by atoms with Crippen LogP contribution in [0.15, 0.2) is 12.1 Å². The van der Waals surface area contributed by atoms with Gasteiger partial charge < -0.3 is 15.4 Å². The first kappa shape index (κ1) is 14.4. The van der Waals surface area contributed by atoms with Crippen molar-refractivity contribution in [1.82, 2.24) is 20.8 Å². The quantitative estimate of drug-likeness (QED) is 0.663. The zero-order valence-corrected chi connectivity index (χ0v) is 10.9. The van der Waals surface area contributed by atoms with Crippen molar-refractivity contribution in [2.24, 2.45) is 0 Å². The van der Waals surface area contributed by atoms with E-state index in [0.29, 0.717) is 24.7 Å². The molecule has 1 aromatic heterocycles. The van der Waals surface area contributed by atoms with Crippen molar-refractivity contribution < 1.29 is 9.53 Å². The van der Waals surface area contributed by atoms with Crippen LogP contribution in [0.4, 0.5) is 0 Å². The molecule has 0 bridgehead atoms. The molecule has 0 aliphatic rings. The third-order valence-corrected chi connectivity index (χ3v) is 2.17. The normalized spacial score (nSPS) is 10.1. The Labute approximate surface area is 107 Å². The van der Waals surface area contributed by atoms with Gasteiger partial charge in [0.1, 0.15) is 6.61 Å². The van der Waals surface area contributed by atoms with Crippen molar-refractivity contribution in [3.8, 4) is 5.88 Å². The average Bonchev–Trinajstić information content (AvgIpc) is 2.39. The minimum Gasteiger partial charge on any atom is -0.475 e. The zero-order chi connectivity index (χ0) is 13.2. The van der Waals surface area contributed by atoms with Crippen molar-refractivity contribution >= 4 is 5.91 Å². The summed E-state index contributed by atoms with van der Waals surface area (Å²) in [4.78, 5) is 11.4. The van der Waals surface area contributed by atoms with Crippen LogP contribution in [0, 0.1) is 0 Å². The van der Waals surface area contributed by atoms with Crippen LogP contribution in [0.1, 0.15) is 30.8 Å². The third-order valence-electron chi connectivity index (χ3n) is 2.17. The van der Waals surface area contributed by atoms with E-state index in [1.165, 1.54) is 0 Å². The fourth-order valence-corrected chi connectivity index (χ4v) is 1.30. The van der Waals surface area contributed by atoms with Crippen molar-refractivity contribution in [3.05, 3.63) is 17.8 Å². The Morgan fingerprint density at radius 1 is 1.28 bits per heavy atom. The number of hydrogen-bond donors (Lipinski definition) is 2. The largest absolute Gasteiger partial charge is 0.475 e. The number of nitrogens with zero attached hydrogens (tertiary/aromatic N) is 2. The number of rotatable bonds is 8. The molecule has 0 fully saturated rings. The second kappa shape index (κ2) is 8.41. The lowest BCUT2D eigenvalue weighted by atomic mass is 10.3. The van der Waals surface area contributed by atoms with Crippen LogP contribution in [0.2, 0.25) is 0 Å². The van der Waals surface area contributed by atoms with Gasteiger partial charge in [-0.25, -0.2) is 0 Å². The fourth-order valence-electron chi connectivity index (χ4n) is 1.30. The molecular formula is C12H20N4O2. The summed E-state index contributed by atoms with van der Waals surface area (Å²) in [7, 11) is 0. The molecule has 0 aliphatic heterocycles. The van der Waals surface area contributed by atoms with Gasteiger partial charge in [0, 0.05) is 19.2 Å². The predicted molar refractivity (Wildman–Crippen MR) is 68.7 cm³/mol. The molecule has 6 heteroatoms. The summed E-state index contributed by atoms with van der Waals surface area (Å²) >= 11 is 0. The summed E-state index contributed by atoms with van der Waals surface area (Å²) in [5.41, 5.74) is 0.299. The number of hydrogen-bond acceptors (Lipinski definition) is 5. The van der Waals surface area contributed by atoms with Crippen molar-refractivity contribution in [2.45, 2.75) is 20.3 Å². The Hall–Kier alpha value is -1.69. The van der Waals surface area contributed by atoms with Gasteiger partial charge in [-0.15, -0.1) is 10.2 Å². The predicted octanol–water partition coefficient (Wildman–Crippen LogP) is 0.605. The van der Waals surface area contributed by atoms with Gasteiger partial charge in [-0.05, 0) is 26.0 Å². The standard InChI is InChI=1S/C12H20N4O2/c1-3-7-13-8-9-18-11-6-5-10(15-16-11)12(17)14-4-2/h5-6,13H,3-4,7-9H2,1-2H3,(H,14,17). The van der Waals surface area contributed by atoms with Crippen LogP contribution in [-0.2, 0) is 0 Å². The molecule has 0 saturated heterocycles. The number of nitrogens with one attached hydrogen (secondary N) is 2. The molecule has 1 amide bonds. The van der Waals surface area contributed by atoms with Crippen LogP contribution in [-0.4, -0.2) is 42.3 Å². The summed E-state index contributed by atoms with van der Waals surface area (Å²) in [6, 6.07) is 3.25. The molecule has 0 atom stereocenters. The van der Waals surface area contributed by atoms with Crippen LogP contribution in [0.25, 0.3) is 0 Å². The summed E-state index contributed by atoms with van der Waals surface area (Å²) in [5, 5.41) is 13.5. The van der Waals surface area contributed by atoms with E-state index in [1.807, 2.05) is 6.92 Å². The first-order valence-electron chi connectivity index (χ1n) is 6.23. The molecular weight excluding hydrogens is 232 g/mol. The van der Waals surface area contributed by atoms with Gasteiger partial charge in [0.2, 0.25) is 5.88 Å². The van der Waals surface area contributed by atoms with Crippen LogP contribution >= 0.6 is 0 Å². The Bertz CT molecular complexity index is 354. The van der Waals surface area contributed by atoms with E-state index >= 15 is 0 Å². The van der Waals surface area contributed by atoms with Crippen molar-refractivity contribution in [2.75, 3.05) is 26.2 Å². The highest BCUT2D eigenvalue weighted by atomic mass is 16.5. The highest BCUT2D eigenvalue weighted by Crippen LogP contribution is 2.04. The summed E-state index contributed by atoms with van der Waals surface area (Å²) in [6.45, 7) is 6.82. The van der Waals surface area contributed by atoms with E-state index in [1.54, 1.807) is 12.1 Å². The number of carbonyl (C=O) groups is 1. The van der Waals surface area contributed by atoms with E-state index in [9.17, 15) is 4.79 Å². The van der Waals surface area contributed by atoms with Gasteiger partial charge in [-0.1, -0.05) is 6.92 Å². The van der Waals surface area contributed by atoms with E-state index < -0.39 is 0 Å². The van der Waals surface area contributed by atoms with Gasteiger partial charge in [0.15, 0.2) is 5.69 Å². The average molecular weight is 252 g/mol. The third kappa shape index (κ3) is 5.09. The van der Waals surface area contributed by atoms with Crippen molar-refractivity contribution in [3.63, 3.8) is 0 Å². The number of carbonyl (C=O) groups excluding carboxylic acids is 1.